The molecule has 2 N–H and O–H groups in total. The number of aliphatic imine (C=N–C) groups is 1. The molecule has 1 saturated carbocycles. The van der Waals surface area contributed by atoms with Crippen molar-refractivity contribution >= 4 is 35.8 Å². The second kappa shape index (κ2) is 13.8. The minimum Gasteiger partial charge on any atom is -0.497 e. The topological polar surface area (TPSA) is 75.2 Å². The average Bonchev–Trinajstić information content (AvgIpc) is 3.47. The third kappa shape index (κ3) is 8.14. The molecule has 3 rings (SSSR count). The lowest BCUT2D eigenvalue weighted by Gasteiger charge is -2.21. The van der Waals surface area contributed by atoms with E-state index in [1.807, 2.05) is 29.2 Å². The van der Waals surface area contributed by atoms with E-state index in [0.717, 1.165) is 62.6 Å². The molecule has 1 aromatic carbocycles. The summed E-state index contributed by atoms with van der Waals surface area (Å²) in [6, 6.07) is 8.20. The standard InChI is InChI=1S/C23H36N4O3.HI/c1-24-23(25-13-5-15-30-17-18-8-10-21(29-2)11-9-18)26-20-12-14-27(16-20)22(28)19-6-3-4-7-19;/h8-11,19-20H,3-7,12-17H2,1-2H3,(H2,24,25,26);1H. The molecule has 0 aromatic heterocycles. The summed E-state index contributed by atoms with van der Waals surface area (Å²) in [5.41, 5.74) is 1.14. The number of carbonyl (C=O) groups is 1. The van der Waals surface area contributed by atoms with Crippen molar-refractivity contribution in [2.75, 3.05) is 40.4 Å². The minimum absolute atomic E-state index is 0. The molecular weight excluding hydrogens is 507 g/mol. The van der Waals surface area contributed by atoms with Crippen LogP contribution in [0.25, 0.3) is 0 Å². The fourth-order valence-electron chi connectivity index (χ4n) is 4.19. The van der Waals surface area contributed by atoms with Crippen LogP contribution in [0.2, 0.25) is 0 Å². The number of nitrogens with zero attached hydrogens (tertiary/aromatic N) is 2. The quantitative estimate of drug-likeness (QED) is 0.216. The Morgan fingerprint density at radius 2 is 1.94 bits per heavy atom. The number of hydrogen-bond donors (Lipinski definition) is 2. The van der Waals surface area contributed by atoms with Crippen LogP contribution >= 0.6 is 24.0 Å². The summed E-state index contributed by atoms with van der Waals surface area (Å²) in [5.74, 6) is 2.27. The zero-order chi connectivity index (χ0) is 21.2. The molecule has 174 valence electrons. The maximum Gasteiger partial charge on any atom is 0.225 e. The van der Waals surface area contributed by atoms with Crippen molar-refractivity contribution in [1.29, 1.82) is 0 Å². The Morgan fingerprint density at radius 3 is 2.61 bits per heavy atom. The summed E-state index contributed by atoms with van der Waals surface area (Å²) in [6.07, 6.45) is 6.41. The molecule has 0 bridgehead atoms. The summed E-state index contributed by atoms with van der Waals surface area (Å²) in [4.78, 5) is 18.9. The van der Waals surface area contributed by atoms with Crippen LogP contribution < -0.4 is 15.4 Å². The van der Waals surface area contributed by atoms with Gasteiger partial charge in [-0.2, -0.15) is 0 Å². The lowest BCUT2D eigenvalue weighted by atomic mass is 10.1. The van der Waals surface area contributed by atoms with E-state index < -0.39 is 0 Å². The number of ether oxygens (including phenoxy) is 2. The number of rotatable bonds is 9. The summed E-state index contributed by atoms with van der Waals surface area (Å²) in [7, 11) is 3.45. The predicted octanol–water partition coefficient (Wildman–Crippen LogP) is 3.18. The van der Waals surface area contributed by atoms with Gasteiger partial charge in [0.25, 0.3) is 0 Å². The highest BCUT2D eigenvalue weighted by Crippen LogP contribution is 2.27. The number of halogens is 1. The van der Waals surface area contributed by atoms with E-state index in [1.165, 1.54) is 12.8 Å². The van der Waals surface area contributed by atoms with Gasteiger partial charge in [-0.05, 0) is 43.4 Å². The SMILES string of the molecule is CN=C(NCCCOCc1ccc(OC)cc1)NC1CCN(C(=O)C2CCCC2)C1.I. The number of benzene rings is 1. The number of nitrogens with one attached hydrogen (secondary N) is 2. The molecule has 1 atom stereocenters. The van der Waals surface area contributed by atoms with Crippen molar-refractivity contribution in [2.45, 2.75) is 51.2 Å². The van der Waals surface area contributed by atoms with Crippen molar-refractivity contribution in [3.05, 3.63) is 29.8 Å². The molecule has 0 spiro atoms. The molecule has 2 fully saturated rings. The van der Waals surface area contributed by atoms with Gasteiger partial charge in [0.2, 0.25) is 5.91 Å². The smallest absolute Gasteiger partial charge is 0.225 e. The Bertz CT molecular complexity index is 693. The van der Waals surface area contributed by atoms with Crippen LogP contribution in [0.1, 0.15) is 44.1 Å². The zero-order valence-corrected chi connectivity index (χ0v) is 21.1. The fourth-order valence-corrected chi connectivity index (χ4v) is 4.19. The molecule has 31 heavy (non-hydrogen) atoms. The van der Waals surface area contributed by atoms with Crippen LogP contribution in [0.4, 0.5) is 0 Å². The molecule has 1 aromatic rings. The van der Waals surface area contributed by atoms with Crippen molar-refractivity contribution in [3.63, 3.8) is 0 Å². The molecule has 1 unspecified atom stereocenters. The van der Waals surface area contributed by atoms with Gasteiger partial charge in [0.05, 0.1) is 13.7 Å². The van der Waals surface area contributed by atoms with Gasteiger partial charge in [-0.15, -0.1) is 24.0 Å². The third-order valence-corrected chi connectivity index (χ3v) is 5.95. The first-order valence-electron chi connectivity index (χ1n) is 11.2. The van der Waals surface area contributed by atoms with E-state index in [9.17, 15) is 4.79 Å². The Labute approximate surface area is 203 Å². The van der Waals surface area contributed by atoms with Crippen molar-refractivity contribution in [1.82, 2.24) is 15.5 Å². The molecule has 7 nitrogen and oxygen atoms in total. The van der Waals surface area contributed by atoms with Gasteiger partial charge in [0.1, 0.15) is 5.75 Å². The predicted molar refractivity (Wildman–Crippen MR) is 134 cm³/mol. The first kappa shape index (κ1) is 25.7. The van der Waals surface area contributed by atoms with E-state index >= 15 is 0 Å². The van der Waals surface area contributed by atoms with Crippen LogP contribution in [-0.2, 0) is 16.1 Å². The van der Waals surface area contributed by atoms with Gasteiger partial charge in [0, 0.05) is 45.2 Å². The molecule has 1 saturated heterocycles. The maximum atomic E-state index is 12.6. The van der Waals surface area contributed by atoms with E-state index in [0.29, 0.717) is 19.1 Å². The lowest BCUT2D eigenvalue weighted by molar-refractivity contribution is -0.134. The monoisotopic (exact) mass is 544 g/mol. The number of hydrogen-bond acceptors (Lipinski definition) is 4. The van der Waals surface area contributed by atoms with Crippen LogP contribution in [0.5, 0.6) is 5.75 Å². The maximum absolute atomic E-state index is 12.6. The molecule has 1 aliphatic heterocycles. The largest absolute Gasteiger partial charge is 0.497 e. The lowest BCUT2D eigenvalue weighted by Crippen LogP contribution is -2.45. The number of likely N-dealkylation sites (tertiary alicyclic amines) is 1. The van der Waals surface area contributed by atoms with E-state index in [2.05, 4.69) is 15.6 Å². The normalized spacial score (nSPS) is 19.2. The molecule has 8 heteroatoms. The Hall–Kier alpha value is -1.55. The van der Waals surface area contributed by atoms with E-state index in [1.54, 1.807) is 14.2 Å². The zero-order valence-electron chi connectivity index (χ0n) is 18.8. The molecule has 2 aliphatic rings. The van der Waals surface area contributed by atoms with Gasteiger partial charge < -0.3 is 25.0 Å². The third-order valence-electron chi connectivity index (χ3n) is 5.95. The van der Waals surface area contributed by atoms with Gasteiger partial charge in [-0.1, -0.05) is 25.0 Å². The summed E-state index contributed by atoms with van der Waals surface area (Å²) < 4.78 is 10.9. The van der Waals surface area contributed by atoms with E-state index in [4.69, 9.17) is 9.47 Å². The number of methoxy groups -OCH3 is 1. The number of amides is 1. The minimum atomic E-state index is 0. The molecule has 1 amide bonds. The van der Waals surface area contributed by atoms with Gasteiger partial charge in [-0.25, -0.2) is 0 Å². The van der Waals surface area contributed by atoms with Crippen molar-refractivity contribution in [3.8, 4) is 5.75 Å². The average molecular weight is 544 g/mol. The second-order valence-electron chi connectivity index (χ2n) is 8.15. The summed E-state index contributed by atoms with van der Waals surface area (Å²) in [5, 5.41) is 6.81. The highest BCUT2D eigenvalue weighted by Gasteiger charge is 2.32. The van der Waals surface area contributed by atoms with E-state index in [-0.39, 0.29) is 35.9 Å². The highest BCUT2D eigenvalue weighted by molar-refractivity contribution is 14.0. The first-order chi connectivity index (χ1) is 14.7. The first-order valence-corrected chi connectivity index (χ1v) is 11.2. The van der Waals surface area contributed by atoms with Crippen LogP contribution in [0, 0.1) is 5.92 Å². The number of guanidine groups is 1. The molecule has 1 heterocycles. The Kier molecular flexibility index (Phi) is 11.4. The molecular formula is C23H37IN4O3. The highest BCUT2D eigenvalue weighted by atomic mass is 127. The summed E-state index contributed by atoms with van der Waals surface area (Å²) in [6.45, 7) is 3.71. The molecule has 0 radical (unpaired) electrons. The summed E-state index contributed by atoms with van der Waals surface area (Å²) >= 11 is 0. The van der Waals surface area contributed by atoms with Crippen LogP contribution in [0.3, 0.4) is 0 Å². The van der Waals surface area contributed by atoms with Gasteiger partial charge in [0.15, 0.2) is 5.96 Å². The van der Waals surface area contributed by atoms with Crippen LogP contribution in [-0.4, -0.2) is 63.2 Å². The van der Waals surface area contributed by atoms with Crippen LogP contribution in [0.15, 0.2) is 29.3 Å². The Balaban J connectivity index is 0.00000341. The second-order valence-corrected chi connectivity index (χ2v) is 8.15. The van der Waals surface area contributed by atoms with Crippen molar-refractivity contribution in [2.24, 2.45) is 10.9 Å². The van der Waals surface area contributed by atoms with Gasteiger partial charge >= 0.3 is 0 Å². The Morgan fingerprint density at radius 1 is 1.19 bits per heavy atom. The fraction of sp³-hybridized carbons (Fsp3) is 0.652. The van der Waals surface area contributed by atoms with Crippen molar-refractivity contribution < 1.29 is 14.3 Å². The van der Waals surface area contributed by atoms with Gasteiger partial charge in [-0.3, -0.25) is 9.79 Å². The number of carbonyl (C=O) groups excluding carboxylic acids is 1. The molecule has 1 aliphatic carbocycles.